The molecule has 1 fully saturated rings. The van der Waals surface area contributed by atoms with Gasteiger partial charge in [-0.1, -0.05) is 18.2 Å². The first kappa shape index (κ1) is 31.1. The predicted octanol–water partition coefficient (Wildman–Crippen LogP) is 6.65. The first-order valence-corrected chi connectivity index (χ1v) is 15.4. The average molecular weight is 647 g/mol. The van der Waals surface area contributed by atoms with Crippen LogP contribution in [0.5, 0.6) is 5.75 Å². The molecule has 1 aliphatic heterocycles. The second kappa shape index (κ2) is 14.1. The zero-order chi connectivity index (χ0) is 32.0. The number of anilines is 3. The number of aliphatic hydroxyl groups excluding tert-OH is 1. The van der Waals surface area contributed by atoms with E-state index >= 15 is 0 Å². The summed E-state index contributed by atoms with van der Waals surface area (Å²) in [5, 5.41) is 15.8. The Bertz CT molecular complexity index is 1840. The number of aromatic nitrogens is 3. The lowest BCUT2D eigenvalue weighted by Gasteiger charge is -2.15. The van der Waals surface area contributed by atoms with E-state index in [1.54, 1.807) is 48.7 Å². The summed E-state index contributed by atoms with van der Waals surface area (Å²) in [6.07, 6.45) is 3.90. The van der Waals surface area contributed by atoms with Gasteiger partial charge in [0, 0.05) is 35.7 Å². The van der Waals surface area contributed by atoms with E-state index in [-0.39, 0.29) is 24.0 Å². The third kappa shape index (κ3) is 7.17. The number of carbonyl (C=O) groups is 1. The Morgan fingerprint density at radius 3 is 2.48 bits per heavy atom. The van der Waals surface area contributed by atoms with E-state index in [9.17, 15) is 23.1 Å². The summed E-state index contributed by atoms with van der Waals surface area (Å²) in [7, 11) is 0. The van der Waals surface area contributed by atoms with Crippen molar-refractivity contribution in [3.05, 3.63) is 101 Å². The lowest BCUT2D eigenvalue weighted by Crippen LogP contribution is -2.25. The fourth-order valence-corrected chi connectivity index (χ4v) is 6.03. The standard InChI is InChI=1S/C33H29F3N6O3S/c34-23-7-4-8-24(35)29(23)32(44)38-21-6-3-5-20(17-21)30-31(46-28(19-43)41-30)26-11-12-37-33(40-26)39-22-9-10-27(25(36)18-22)45-16-15-42-13-1-2-14-42/h3-12,17-18,43H,1-2,13-16,19H2,(H,38,44)(H,37,39,40). The molecule has 13 heteroatoms. The van der Waals surface area contributed by atoms with Crippen LogP contribution in [0.15, 0.2) is 72.9 Å². The van der Waals surface area contributed by atoms with E-state index in [1.807, 2.05) is 0 Å². The minimum Gasteiger partial charge on any atom is -0.489 e. The molecule has 3 N–H and O–H groups in total. The number of nitrogens with one attached hydrogen (secondary N) is 2. The molecule has 3 heterocycles. The van der Waals surface area contributed by atoms with Crippen LogP contribution in [-0.2, 0) is 6.61 Å². The Balaban J connectivity index is 1.20. The van der Waals surface area contributed by atoms with Gasteiger partial charge in [0.25, 0.3) is 5.91 Å². The number of nitrogens with zero attached hydrogens (tertiary/aromatic N) is 4. The monoisotopic (exact) mass is 646 g/mol. The first-order valence-electron chi connectivity index (χ1n) is 14.6. The van der Waals surface area contributed by atoms with Crippen molar-refractivity contribution < 1.29 is 27.8 Å². The van der Waals surface area contributed by atoms with Gasteiger partial charge in [0.1, 0.15) is 28.8 Å². The highest BCUT2D eigenvalue weighted by Gasteiger charge is 2.20. The van der Waals surface area contributed by atoms with Crippen molar-refractivity contribution in [2.75, 3.05) is 36.9 Å². The van der Waals surface area contributed by atoms with Crippen LogP contribution < -0.4 is 15.4 Å². The minimum absolute atomic E-state index is 0.169. The van der Waals surface area contributed by atoms with Crippen molar-refractivity contribution >= 4 is 34.6 Å². The smallest absolute Gasteiger partial charge is 0.261 e. The van der Waals surface area contributed by atoms with E-state index < -0.39 is 28.9 Å². The first-order chi connectivity index (χ1) is 22.4. The summed E-state index contributed by atoms with van der Waals surface area (Å²) < 4.78 is 48.8. The summed E-state index contributed by atoms with van der Waals surface area (Å²) in [6.45, 7) is 2.93. The average Bonchev–Trinajstić information content (AvgIpc) is 3.73. The highest BCUT2D eigenvalue weighted by atomic mass is 32.1. The molecule has 0 aliphatic carbocycles. The Morgan fingerprint density at radius 1 is 0.935 bits per heavy atom. The summed E-state index contributed by atoms with van der Waals surface area (Å²) in [4.78, 5) is 29.0. The fraction of sp³-hybridized carbons (Fsp3) is 0.212. The maximum atomic E-state index is 14.8. The maximum Gasteiger partial charge on any atom is 0.261 e. The van der Waals surface area contributed by atoms with Gasteiger partial charge in [-0.05, 0) is 68.4 Å². The third-order valence-electron chi connectivity index (χ3n) is 7.33. The van der Waals surface area contributed by atoms with Gasteiger partial charge in [0.15, 0.2) is 11.6 Å². The Hall–Kier alpha value is -4.85. The number of hydrogen-bond acceptors (Lipinski definition) is 9. The molecule has 236 valence electrons. The zero-order valence-corrected chi connectivity index (χ0v) is 25.3. The van der Waals surface area contributed by atoms with Crippen LogP contribution in [0.3, 0.4) is 0 Å². The topological polar surface area (TPSA) is 112 Å². The number of amides is 1. The van der Waals surface area contributed by atoms with E-state index in [1.165, 1.54) is 36.3 Å². The van der Waals surface area contributed by atoms with Crippen molar-refractivity contribution in [3.63, 3.8) is 0 Å². The molecule has 0 spiro atoms. The molecule has 9 nitrogen and oxygen atoms in total. The number of aliphatic hydroxyl groups is 1. The molecular weight excluding hydrogens is 617 g/mol. The number of carbonyl (C=O) groups excluding carboxylic acids is 1. The summed E-state index contributed by atoms with van der Waals surface area (Å²) in [5.74, 6) is -3.02. The van der Waals surface area contributed by atoms with Crippen LogP contribution >= 0.6 is 11.3 Å². The predicted molar refractivity (Wildman–Crippen MR) is 170 cm³/mol. The molecule has 0 saturated carbocycles. The van der Waals surface area contributed by atoms with Gasteiger partial charge in [-0.3, -0.25) is 9.69 Å². The second-order valence-electron chi connectivity index (χ2n) is 10.5. The van der Waals surface area contributed by atoms with Crippen molar-refractivity contribution in [2.45, 2.75) is 19.4 Å². The molecule has 0 unspecified atom stereocenters. The largest absolute Gasteiger partial charge is 0.489 e. The van der Waals surface area contributed by atoms with Crippen LogP contribution in [-0.4, -0.2) is 57.1 Å². The van der Waals surface area contributed by atoms with Crippen molar-refractivity contribution in [1.29, 1.82) is 0 Å². The number of halogens is 3. The summed E-state index contributed by atoms with van der Waals surface area (Å²) >= 11 is 1.22. The van der Waals surface area contributed by atoms with Gasteiger partial charge < -0.3 is 20.5 Å². The van der Waals surface area contributed by atoms with E-state index in [0.717, 1.165) is 31.8 Å². The summed E-state index contributed by atoms with van der Waals surface area (Å²) in [6, 6.07) is 16.0. The van der Waals surface area contributed by atoms with Crippen LogP contribution in [0.25, 0.3) is 21.8 Å². The third-order valence-corrected chi connectivity index (χ3v) is 8.39. The lowest BCUT2D eigenvalue weighted by molar-refractivity contribution is 0.101. The Morgan fingerprint density at radius 2 is 1.72 bits per heavy atom. The molecule has 0 bridgehead atoms. The molecular formula is C33H29F3N6O3S. The molecule has 6 rings (SSSR count). The van der Waals surface area contributed by atoms with E-state index in [4.69, 9.17) is 4.74 Å². The van der Waals surface area contributed by atoms with E-state index in [0.29, 0.717) is 39.1 Å². The van der Waals surface area contributed by atoms with Gasteiger partial charge in [-0.15, -0.1) is 11.3 Å². The fourth-order valence-electron chi connectivity index (χ4n) is 5.11. The quantitative estimate of drug-likeness (QED) is 0.146. The Labute approximate surface area is 266 Å². The molecule has 1 saturated heterocycles. The minimum atomic E-state index is -0.976. The highest BCUT2D eigenvalue weighted by molar-refractivity contribution is 7.15. The molecule has 0 atom stereocenters. The zero-order valence-electron chi connectivity index (χ0n) is 24.5. The van der Waals surface area contributed by atoms with Gasteiger partial charge in [0.2, 0.25) is 5.95 Å². The number of rotatable bonds is 11. The molecule has 1 amide bonds. The van der Waals surface area contributed by atoms with Crippen LogP contribution in [0, 0.1) is 17.5 Å². The van der Waals surface area contributed by atoms with Gasteiger partial charge in [-0.2, -0.15) is 0 Å². The molecule has 2 aromatic heterocycles. The molecule has 1 aliphatic rings. The van der Waals surface area contributed by atoms with Crippen molar-refractivity contribution in [2.24, 2.45) is 0 Å². The van der Waals surface area contributed by atoms with Gasteiger partial charge in [-0.25, -0.2) is 28.1 Å². The van der Waals surface area contributed by atoms with Gasteiger partial charge in [0.05, 0.1) is 22.9 Å². The number of likely N-dealkylation sites (tertiary alicyclic amines) is 1. The molecule has 3 aromatic carbocycles. The second-order valence-corrected chi connectivity index (χ2v) is 11.6. The van der Waals surface area contributed by atoms with Crippen molar-refractivity contribution in [1.82, 2.24) is 19.9 Å². The molecule has 5 aromatic rings. The van der Waals surface area contributed by atoms with E-state index in [2.05, 4.69) is 30.5 Å². The number of hydrogen-bond donors (Lipinski definition) is 3. The van der Waals surface area contributed by atoms with Crippen LogP contribution in [0.4, 0.5) is 30.5 Å². The number of thiazole rings is 1. The lowest BCUT2D eigenvalue weighted by atomic mass is 10.1. The molecule has 0 radical (unpaired) electrons. The van der Waals surface area contributed by atoms with Gasteiger partial charge >= 0.3 is 0 Å². The summed E-state index contributed by atoms with van der Waals surface area (Å²) in [5.41, 5.74) is 1.53. The number of benzene rings is 3. The molecule has 46 heavy (non-hydrogen) atoms. The maximum absolute atomic E-state index is 14.8. The number of ether oxygens (including phenoxy) is 1. The Kier molecular flexibility index (Phi) is 9.52. The van der Waals surface area contributed by atoms with Crippen LogP contribution in [0.2, 0.25) is 0 Å². The normalized spacial score (nSPS) is 13.1. The SMILES string of the molecule is O=C(Nc1cccc(-c2nc(CO)sc2-c2ccnc(Nc3ccc(OCCN4CCCC4)c(F)c3)n2)c1)c1c(F)cccc1F. The highest BCUT2D eigenvalue weighted by Crippen LogP contribution is 2.37. The van der Waals surface area contributed by atoms with Crippen molar-refractivity contribution in [3.8, 4) is 27.6 Å². The van der Waals surface area contributed by atoms with Crippen LogP contribution in [0.1, 0.15) is 28.2 Å².